The monoisotopic (exact) mass is 293 g/mol. The molecule has 0 saturated carbocycles. The fraction of sp³-hybridized carbons (Fsp3) is 0.0909. The minimum atomic E-state index is 0. The molecule has 1 aromatic carbocycles. The molecule has 0 aliphatic rings. The Labute approximate surface area is 119 Å². The van der Waals surface area contributed by atoms with Gasteiger partial charge >= 0.3 is 0 Å². The molecule has 1 aromatic rings. The van der Waals surface area contributed by atoms with Crippen LogP contribution in [-0.4, -0.2) is 4.32 Å². The number of thiol groups is 1. The van der Waals surface area contributed by atoms with Crippen molar-refractivity contribution in [2.24, 2.45) is 5.73 Å². The molecule has 0 aliphatic heterocycles. The fourth-order valence-corrected chi connectivity index (χ4v) is 0.342. The second kappa shape index (κ2) is 29.2. The summed E-state index contributed by atoms with van der Waals surface area (Å²) in [5.74, 6) is 0. The molecule has 0 radical (unpaired) electrons. The Hall–Kier alpha value is 0.0834. The van der Waals surface area contributed by atoms with Crippen LogP contribution in [0.1, 0.15) is 6.92 Å². The van der Waals surface area contributed by atoms with Gasteiger partial charge in [0.15, 0.2) is 0 Å². The molecule has 0 bridgehead atoms. The van der Waals surface area contributed by atoms with Crippen LogP contribution in [0.2, 0.25) is 0 Å². The van der Waals surface area contributed by atoms with Gasteiger partial charge in [0.2, 0.25) is 0 Å². The molecule has 15 heavy (non-hydrogen) atoms. The van der Waals surface area contributed by atoms with Gasteiger partial charge in [0.05, 0.1) is 0 Å². The number of benzene rings is 1. The van der Waals surface area contributed by atoms with E-state index in [1.54, 1.807) is 6.92 Å². The van der Waals surface area contributed by atoms with Crippen molar-refractivity contribution in [1.29, 1.82) is 0 Å². The summed E-state index contributed by atoms with van der Waals surface area (Å²) in [6.45, 7) is 5.00. The molecular formula is C11H19NS2Zn-4. The molecule has 0 atom stereocenters. The minimum Gasteiger partial charge on any atom is -0.385 e. The van der Waals surface area contributed by atoms with Crippen LogP contribution in [0.15, 0.2) is 30.3 Å². The van der Waals surface area contributed by atoms with Crippen LogP contribution in [0, 0.1) is 27.8 Å². The van der Waals surface area contributed by atoms with Gasteiger partial charge in [-0.1, -0.05) is 12.2 Å². The van der Waals surface area contributed by atoms with Crippen molar-refractivity contribution < 1.29 is 19.5 Å². The van der Waals surface area contributed by atoms with Crippen molar-refractivity contribution >= 4 is 29.2 Å². The molecule has 0 amide bonds. The number of nitrogens with two attached hydrogens (primary N) is 1. The van der Waals surface area contributed by atoms with Gasteiger partial charge < -0.3 is 27.5 Å². The Morgan fingerprint density at radius 1 is 1.20 bits per heavy atom. The normalized spacial score (nSPS) is 5.27. The molecule has 86 valence electrons. The first-order valence-electron chi connectivity index (χ1n) is 3.33. The van der Waals surface area contributed by atoms with E-state index in [0.29, 0.717) is 0 Å². The third-order valence-corrected chi connectivity index (χ3v) is 0.607. The quantitative estimate of drug-likeness (QED) is 0.332. The molecule has 0 saturated heterocycles. The van der Waals surface area contributed by atoms with Crippen molar-refractivity contribution in [3.63, 3.8) is 0 Å². The zero-order valence-corrected chi connectivity index (χ0v) is 14.4. The van der Waals surface area contributed by atoms with Crippen LogP contribution in [0.4, 0.5) is 0 Å². The van der Waals surface area contributed by atoms with Crippen LogP contribution in [0.25, 0.3) is 0 Å². The Morgan fingerprint density at radius 2 is 1.47 bits per heavy atom. The van der Waals surface area contributed by atoms with Gasteiger partial charge in [-0.3, -0.25) is 0 Å². The standard InChI is InChI=1S/C6H5.C2H5.CH3NS2.2CH3.Zn/c1-2-4-6-5-3-1;1-2;2-1(3)4;;;/h1-5H;1H2,2H3;(H3,2,3,4);2*1H3;/q2*-1;;2*-1;. The number of thiocarbonyl (C=S) groups is 1. The predicted molar refractivity (Wildman–Crippen MR) is 74.9 cm³/mol. The summed E-state index contributed by atoms with van der Waals surface area (Å²) < 4.78 is 0.194. The van der Waals surface area contributed by atoms with Gasteiger partial charge in [0.25, 0.3) is 0 Å². The molecule has 4 heteroatoms. The molecule has 0 unspecified atom stereocenters. The first kappa shape index (κ1) is 29.4. The Balaban J connectivity index is -0.0000000339. The van der Waals surface area contributed by atoms with Gasteiger partial charge in [-0.25, -0.2) is 0 Å². The number of hydrogen-bond acceptors (Lipinski definition) is 1. The third-order valence-electron chi connectivity index (χ3n) is 0.607. The number of hydrogen-bond donors (Lipinski definition) is 2. The fourth-order valence-electron chi connectivity index (χ4n) is 0.342. The Bertz CT molecular complexity index is 150. The van der Waals surface area contributed by atoms with E-state index in [1.807, 2.05) is 30.3 Å². The second-order valence-corrected chi connectivity index (χ2v) is 2.64. The van der Waals surface area contributed by atoms with Gasteiger partial charge in [-0.05, 0) is 0 Å². The molecule has 0 heterocycles. The van der Waals surface area contributed by atoms with Crippen molar-refractivity contribution in [3.05, 3.63) is 58.2 Å². The summed E-state index contributed by atoms with van der Waals surface area (Å²) in [6, 6.07) is 12.5. The summed E-state index contributed by atoms with van der Waals surface area (Å²) in [7, 11) is 0. The first-order valence-corrected chi connectivity index (χ1v) is 4.19. The predicted octanol–water partition coefficient (Wildman–Crippen LogP) is 3.39. The molecule has 2 N–H and O–H groups in total. The maximum atomic E-state index is 4.71. The first-order chi connectivity index (χ1) is 5.73. The molecule has 0 fully saturated rings. The average Bonchev–Trinajstić information content (AvgIpc) is 2.10. The maximum absolute atomic E-state index is 4.71. The van der Waals surface area contributed by atoms with E-state index in [1.165, 1.54) is 0 Å². The smallest absolute Gasteiger partial charge is 0.128 e. The Kier molecular flexibility index (Phi) is 57.3. The van der Waals surface area contributed by atoms with Crippen molar-refractivity contribution in [2.75, 3.05) is 0 Å². The SMILES string of the molecule is NC(=S)S.[CH2-]C.[CH3-].[CH3-].[Zn].[c-]1ccccc1. The molecule has 0 spiro atoms. The second-order valence-electron chi connectivity index (χ2n) is 1.42. The van der Waals surface area contributed by atoms with Crippen molar-refractivity contribution in [2.45, 2.75) is 6.92 Å². The van der Waals surface area contributed by atoms with Crippen molar-refractivity contribution in [1.82, 2.24) is 0 Å². The molecule has 1 rings (SSSR count). The van der Waals surface area contributed by atoms with E-state index in [9.17, 15) is 0 Å². The summed E-state index contributed by atoms with van der Waals surface area (Å²) in [5, 5.41) is 0. The molecule has 0 aliphatic carbocycles. The van der Waals surface area contributed by atoms with Crippen molar-refractivity contribution in [3.8, 4) is 0 Å². The van der Waals surface area contributed by atoms with Gasteiger partial charge in [0.1, 0.15) is 4.32 Å². The van der Waals surface area contributed by atoms with Gasteiger partial charge in [-0.2, -0.15) is 43.3 Å². The average molecular weight is 295 g/mol. The van der Waals surface area contributed by atoms with E-state index in [0.717, 1.165) is 0 Å². The molecular weight excluding hydrogens is 276 g/mol. The zero-order chi connectivity index (χ0) is 9.82. The summed E-state index contributed by atoms with van der Waals surface area (Å²) >= 11 is 7.65. The van der Waals surface area contributed by atoms with Crippen LogP contribution < -0.4 is 5.73 Å². The van der Waals surface area contributed by atoms with E-state index >= 15 is 0 Å². The minimum absolute atomic E-state index is 0. The summed E-state index contributed by atoms with van der Waals surface area (Å²) in [4.78, 5) is 0. The number of rotatable bonds is 0. The van der Waals surface area contributed by atoms with Crippen LogP contribution in [-0.2, 0) is 19.5 Å². The summed E-state index contributed by atoms with van der Waals surface area (Å²) in [6.07, 6.45) is 0. The Morgan fingerprint density at radius 3 is 1.53 bits per heavy atom. The molecule has 1 nitrogen and oxygen atoms in total. The zero-order valence-electron chi connectivity index (χ0n) is 9.73. The maximum Gasteiger partial charge on any atom is 0.128 e. The van der Waals surface area contributed by atoms with E-state index in [4.69, 9.17) is 5.73 Å². The van der Waals surface area contributed by atoms with E-state index in [2.05, 4.69) is 37.8 Å². The third kappa shape index (κ3) is 55.6. The van der Waals surface area contributed by atoms with Crippen LogP contribution in [0.3, 0.4) is 0 Å². The van der Waals surface area contributed by atoms with Crippen LogP contribution in [0.5, 0.6) is 0 Å². The molecule has 0 aromatic heterocycles. The van der Waals surface area contributed by atoms with Gasteiger partial charge in [-0.15, -0.1) is 12.6 Å². The topological polar surface area (TPSA) is 26.0 Å². The summed E-state index contributed by atoms with van der Waals surface area (Å²) in [5.41, 5.74) is 4.71. The van der Waals surface area contributed by atoms with E-state index in [-0.39, 0.29) is 38.7 Å². The van der Waals surface area contributed by atoms with E-state index < -0.39 is 0 Å². The van der Waals surface area contributed by atoms with Crippen LogP contribution >= 0.6 is 24.8 Å². The largest absolute Gasteiger partial charge is 0.385 e. The van der Waals surface area contributed by atoms with Gasteiger partial charge in [0, 0.05) is 19.5 Å².